The number of fused-ring (bicyclic) bond motifs is 2. The molecule has 8 nitrogen and oxygen atoms in total. The fourth-order valence-electron chi connectivity index (χ4n) is 2.70. The maximum Gasteiger partial charge on any atom is 0.272 e. The van der Waals surface area contributed by atoms with Crippen molar-refractivity contribution in [1.82, 2.24) is 24.8 Å². The summed E-state index contributed by atoms with van der Waals surface area (Å²) in [6.45, 7) is 0.232. The first kappa shape index (κ1) is 14.3. The lowest BCUT2D eigenvalue weighted by molar-refractivity contribution is 0.390. The summed E-state index contributed by atoms with van der Waals surface area (Å²) >= 11 is 0. The minimum atomic E-state index is -0.244. The van der Waals surface area contributed by atoms with Crippen LogP contribution in [0.2, 0.25) is 0 Å². The number of aromatic amines is 1. The first-order valence-electron chi connectivity index (χ1n) is 7.32. The van der Waals surface area contributed by atoms with Crippen molar-refractivity contribution in [3.63, 3.8) is 0 Å². The molecule has 3 heterocycles. The van der Waals surface area contributed by atoms with Gasteiger partial charge in [0.05, 0.1) is 30.1 Å². The van der Waals surface area contributed by atoms with Crippen LogP contribution >= 0.6 is 0 Å². The number of aromatic nitrogens is 5. The summed E-state index contributed by atoms with van der Waals surface area (Å²) in [7, 11) is 1.56. The number of benzene rings is 1. The minimum absolute atomic E-state index is 0.232. The average molecular weight is 322 g/mol. The lowest BCUT2D eigenvalue weighted by Crippen LogP contribution is -2.13. The number of rotatable bonds is 3. The highest BCUT2D eigenvalue weighted by atomic mass is 16.5. The minimum Gasteiger partial charge on any atom is -0.480 e. The van der Waals surface area contributed by atoms with Crippen LogP contribution in [-0.4, -0.2) is 31.9 Å². The number of nitrogens with zero attached hydrogens (tertiary/aromatic N) is 4. The fraction of sp³-hybridized carbons (Fsp3) is 0.125. The molecule has 24 heavy (non-hydrogen) atoms. The third-order valence-corrected chi connectivity index (χ3v) is 3.90. The maximum atomic E-state index is 11.9. The van der Waals surface area contributed by atoms with E-state index in [0.29, 0.717) is 22.6 Å². The Morgan fingerprint density at radius 2 is 2.12 bits per heavy atom. The molecule has 0 spiro atoms. The molecule has 4 rings (SSSR count). The predicted octanol–water partition coefficient (Wildman–Crippen LogP) is 1.10. The summed E-state index contributed by atoms with van der Waals surface area (Å²) in [5.41, 5.74) is 8.47. The number of H-pyrrole nitrogens is 1. The van der Waals surface area contributed by atoms with E-state index in [1.165, 1.54) is 0 Å². The lowest BCUT2D eigenvalue weighted by Gasteiger charge is -2.06. The van der Waals surface area contributed by atoms with Crippen molar-refractivity contribution in [2.45, 2.75) is 6.54 Å². The van der Waals surface area contributed by atoms with E-state index >= 15 is 0 Å². The Balaban J connectivity index is 1.98. The number of hydrogen-bond acceptors (Lipinski definition) is 6. The van der Waals surface area contributed by atoms with Crippen molar-refractivity contribution in [1.29, 1.82) is 0 Å². The Bertz CT molecular complexity index is 1110. The van der Waals surface area contributed by atoms with Gasteiger partial charge in [0.25, 0.3) is 5.56 Å². The van der Waals surface area contributed by atoms with Crippen LogP contribution in [0.1, 0.15) is 5.69 Å². The molecule has 0 aliphatic carbocycles. The van der Waals surface area contributed by atoms with Gasteiger partial charge in [-0.15, -0.1) is 5.10 Å². The second kappa shape index (κ2) is 5.43. The molecule has 8 heteroatoms. The second-order valence-corrected chi connectivity index (χ2v) is 5.25. The first-order chi connectivity index (χ1) is 11.7. The lowest BCUT2D eigenvalue weighted by atomic mass is 10.1. The van der Waals surface area contributed by atoms with E-state index in [1.54, 1.807) is 30.0 Å². The molecule has 0 saturated carbocycles. The van der Waals surface area contributed by atoms with Crippen LogP contribution in [0.15, 0.2) is 41.3 Å². The van der Waals surface area contributed by atoms with Crippen molar-refractivity contribution in [3.8, 4) is 17.1 Å². The van der Waals surface area contributed by atoms with Crippen LogP contribution in [0.3, 0.4) is 0 Å². The predicted molar refractivity (Wildman–Crippen MR) is 88.8 cm³/mol. The van der Waals surface area contributed by atoms with Gasteiger partial charge in [0.15, 0.2) is 5.65 Å². The molecule has 0 fully saturated rings. The van der Waals surface area contributed by atoms with E-state index in [0.717, 1.165) is 16.6 Å². The van der Waals surface area contributed by atoms with E-state index in [4.69, 9.17) is 10.5 Å². The van der Waals surface area contributed by atoms with Crippen LogP contribution in [-0.2, 0) is 6.54 Å². The fourth-order valence-corrected chi connectivity index (χ4v) is 2.70. The molecule has 0 unspecified atom stereocenters. The molecule has 0 aliphatic rings. The van der Waals surface area contributed by atoms with Gasteiger partial charge in [-0.05, 0) is 18.2 Å². The zero-order valence-corrected chi connectivity index (χ0v) is 12.9. The molecule has 3 N–H and O–H groups in total. The molecule has 0 atom stereocenters. The number of imidazole rings is 1. The number of nitrogens with two attached hydrogens (primary N) is 1. The average Bonchev–Trinajstić information content (AvgIpc) is 3.04. The number of hydrogen-bond donors (Lipinski definition) is 2. The van der Waals surface area contributed by atoms with Gasteiger partial charge < -0.3 is 10.5 Å². The van der Waals surface area contributed by atoms with Crippen molar-refractivity contribution < 1.29 is 4.74 Å². The Hall–Kier alpha value is -3.26. The largest absolute Gasteiger partial charge is 0.480 e. The highest BCUT2D eigenvalue weighted by Gasteiger charge is 2.12. The third kappa shape index (κ3) is 2.12. The normalized spacial score (nSPS) is 11.2. The molecule has 4 aromatic rings. The van der Waals surface area contributed by atoms with Gasteiger partial charge in [-0.1, -0.05) is 6.07 Å². The topological polar surface area (TPSA) is 111 Å². The number of ether oxygens (including phenoxy) is 1. The molecule has 1 aromatic carbocycles. The van der Waals surface area contributed by atoms with Gasteiger partial charge >= 0.3 is 0 Å². The standard InChI is InChI=1S/C16H14N6O2/c1-24-15-5-4-14-18-8-13(22(14)21-15)9-2-3-10-11(6-9)12(7-17)19-20-16(10)23/h2-6,8H,7,17H2,1H3,(H,20,23). The van der Waals surface area contributed by atoms with Crippen molar-refractivity contribution in [2.75, 3.05) is 7.11 Å². The highest BCUT2D eigenvalue weighted by molar-refractivity contribution is 5.88. The van der Waals surface area contributed by atoms with E-state index in [1.807, 2.05) is 18.2 Å². The van der Waals surface area contributed by atoms with Gasteiger partial charge in [-0.2, -0.15) is 5.10 Å². The summed E-state index contributed by atoms with van der Waals surface area (Å²) in [4.78, 5) is 16.3. The van der Waals surface area contributed by atoms with Gasteiger partial charge in [-0.25, -0.2) is 14.6 Å². The van der Waals surface area contributed by atoms with Gasteiger partial charge in [0.2, 0.25) is 5.88 Å². The zero-order chi connectivity index (χ0) is 16.7. The Labute approximate surface area is 135 Å². The van der Waals surface area contributed by atoms with Gasteiger partial charge in [0, 0.05) is 23.6 Å². The number of methoxy groups -OCH3 is 1. The van der Waals surface area contributed by atoms with Crippen molar-refractivity contribution in [3.05, 3.63) is 52.6 Å². The Morgan fingerprint density at radius 1 is 1.25 bits per heavy atom. The third-order valence-electron chi connectivity index (χ3n) is 3.90. The molecule has 0 radical (unpaired) electrons. The van der Waals surface area contributed by atoms with Gasteiger partial charge in [0.1, 0.15) is 0 Å². The molecule has 0 bridgehead atoms. The zero-order valence-electron chi connectivity index (χ0n) is 12.9. The molecule has 120 valence electrons. The molecular weight excluding hydrogens is 308 g/mol. The number of nitrogens with one attached hydrogen (secondary N) is 1. The van der Waals surface area contributed by atoms with Crippen LogP contribution in [0.25, 0.3) is 27.7 Å². The summed E-state index contributed by atoms with van der Waals surface area (Å²) in [5.74, 6) is 0.489. The van der Waals surface area contributed by atoms with Crippen LogP contribution in [0.4, 0.5) is 0 Å². The molecule has 0 saturated heterocycles. The van der Waals surface area contributed by atoms with E-state index < -0.39 is 0 Å². The summed E-state index contributed by atoms with van der Waals surface area (Å²) < 4.78 is 6.87. The maximum absolute atomic E-state index is 11.9. The quantitative estimate of drug-likeness (QED) is 0.584. The van der Waals surface area contributed by atoms with Crippen LogP contribution in [0.5, 0.6) is 5.88 Å². The first-order valence-corrected chi connectivity index (χ1v) is 7.32. The highest BCUT2D eigenvalue weighted by Crippen LogP contribution is 2.25. The Morgan fingerprint density at radius 3 is 2.92 bits per heavy atom. The summed E-state index contributed by atoms with van der Waals surface area (Å²) in [6, 6.07) is 9.06. The van der Waals surface area contributed by atoms with E-state index in [9.17, 15) is 4.79 Å². The monoisotopic (exact) mass is 322 g/mol. The Kier molecular flexibility index (Phi) is 3.24. The second-order valence-electron chi connectivity index (χ2n) is 5.25. The van der Waals surface area contributed by atoms with Crippen molar-refractivity contribution in [2.24, 2.45) is 5.73 Å². The van der Waals surface area contributed by atoms with Crippen LogP contribution < -0.4 is 16.0 Å². The SMILES string of the molecule is COc1ccc2ncc(-c3ccc4c(=O)[nH]nc(CN)c4c3)n2n1. The molecule has 0 amide bonds. The summed E-state index contributed by atoms with van der Waals surface area (Å²) in [6.07, 6.45) is 1.73. The van der Waals surface area contributed by atoms with Crippen LogP contribution in [0, 0.1) is 0 Å². The molecule has 3 aromatic heterocycles. The molecular formula is C16H14N6O2. The van der Waals surface area contributed by atoms with Gasteiger partial charge in [-0.3, -0.25) is 4.79 Å². The van der Waals surface area contributed by atoms with Crippen molar-refractivity contribution >= 4 is 16.4 Å². The smallest absolute Gasteiger partial charge is 0.272 e. The van der Waals surface area contributed by atoms with E-state index in [-0.39, 0.29) is 12.1 Å². The van der Waals surface area contributed by atoms with E-state index in [2.05, 4.69) is 20.3 Å². The summed E-state index contributed by atoms with van der Waals surface area (Å²) in [5, 5.41) is 12.1. The molecule has 0 aliphatic heterocycles.